The highest BCUT2D eigenvalue weighted by Crippen LogP contribution is 2.20. The van der Waals surface area contributed by atoms with E-state index in [0.29, 0.717) is 30.9 Å². The highest BCUT2D eigenvalue weighted by atomic mass is 32.1. The largest absolute Gasteiger partial charge is 0.496 e. The molecule has 0 bridgehead atoms. The molecule has 0 spiro atoms. The van der Waals surface area contributed by atoms with Crippen molar-refractivity contribution in [1.82, 2.24) is 10.3 Å². The minimum Gasteiger partial charge on any atom is -0.496 e. The molecule has 1 heterocycles. The Hall–Kier alpha value is -2.86. The number of hydrogen-bond acceptors (Lipinski definition) is 5. The third-order valence-corrected chi connectivity index (χ3v) is 5.11. The van der Waals surface area contributed by atoms with Gasteiger partial charge in [0.25, 0.3) is 5.91 Å². The number of nitrogens with zero attached hydrogens (tertiary/aromatic N) is 1. The number of nitrogens with one attached hydrogen (secondary N) is 1. The number of benzene rings is 2. The molecule has 3 aromatic rings. The van der Waals surface area contributed by atoms with E-state index >= 15 is 0 Å². The molecule has 1 N–H and O–H groups in total. The zero-order chi connectivity index (χ0) is 19.9. The Kier molecular flexibility index (Phi) is 6.66. The Morgan fingerprint density at radius 1 is 1.14 bits per heavy atom. The molecule has 3 rings (SSSR count). The molecular formula is C22H24N2O3S. The first-order valence-electron chi connectivity index (χ1n) is 9.11. The van der Waals surface area contributed by atoms with Crippen LogP contribution in [-0.4, -0.2) is 24.5 Å². The normalized spacial score (nSPS) is 10.5. The van der Waals surface area contributed by atoms with Gasteiger partial charge in [0.15, 0.2) is 0 Å². The van der Waals surface area contributed by atoms with E-state index in [1.807, 2.05) is 31.4 Å². The average molecular weight is 397 g/mol. The molecule has 0 aliphatic heterocycles. The summed E-state index contributed by atoms with van der Waals surface area (Å²) >= 11 is 1.60. The van der Waals surface area contributed by atoms with Gasteiger partial charge in [0, 0.05) is 17.5 Å². The lowest BCUT2D eigenvalue weighted by molar-refractivity contribution is 0.0954. The van der Waals surface area contributed by atoms with Gasteiger partial charge in [-0.05, 0) is 56.2 Å². The third kappa shape index (κ3) is 5.33. The van der Waals surface area contributed by atoms with Crippen molar-refractivity contribution in [2.75, 3.05) is 13.7 Å². The van der Waals surface area contributed by atoms with Gasteiger partial charge in [-0.1, -0.05) is 17.7 Å². The summed E-state index contributed by atoms with van der Waals surface area (Å²) in [6.07, 6.45) is 0.713. The van der Waals surface area contributed by atoms with E-state index in [0.717, 1.165) is 22.0 Å². The van der Waals surface area contributed by atoms with Crippen LogP contribution in [0.15, 0.2) is 47.8 Å². The highest BCUT2D eigenvalue weighted by Gasteiger charge is 2.08. The second-order valence-corrected chi connectivity index (χ2v) is 7.55. The molecule has 0 unspecified atom stereocenters. The van der Waals surface area contributed by atoms with Crippen LogP contribution in [0.2, 0.25) is 0 Å². The summed E-state index contributed by atoms with van der Waals surface area (Å²) in [7, 11) is 1.66. The molecule has 0 saturated heterocycles. The number of hydrogen-bond donors (Lipinski definition) is 1. The van der Waals surface area contributed by atoms with Crippen LogP contribution in [0.3, 0.4) is 0 Å². The second kappa shape index (κ2) is 9.37. The van der Waals surface area contributed by atoms with Gasteiger partial charge in [0.05, 0.1) is 17.8 Å². The number of aromatic nitrogens is 1. The molecule has 146 valence electrons. The van der Waals surface area contributed by atoms with E-state index in [4.69, 9.17) is 9.47 Å². The molecular weight excluding hydrogens is 372 g/mol. The van der Waals surface area contributed by atoms with Crippen LogP contribution >= 0.6 is 11.3 Å². The molecule has 0 aliphatic rings. The van der Waals surface area contributed by atoms with Crippen molar-refractivity contribution >= 4 is 17.2 Å². The number of rotatable bonds is 8. The zero-order valence-electron chi connectivity index (χ0n) is 16.3. The minimum atomic E-state index is -0.103. The van der Waals surface area contributed by atoms with Gasteiger partial charge in [-0.2, -0.15) is 0 Å². The maximum atomic E-state index is 12.4. The minimum absolute atomic E-state index is 0.103. The maximum absolute atomic E-state index is 12.4. The molecule has 6 heteroatoms. The number of aryl methyl sites for hydroxylation is 2. The van der Waals surface area contributed by atoms with Gasteiger partial charge in [-0.15, -0.1) is 11.3 Å². The van der Waals surface area contributed by atoms with E-state index in [9.17, 15) is 4.79 Å². The predicted octanol–water partition coefficient (Wildman–Crippen LogP) is 4.32. The van der Waals surface area contributed by atoms with Crippen LogP contribution in [0.1, 0.15) is 32.2 Å². The van der Waals surface area contributed by atoms with Gasteiger partial charge in [0.2, 0.25) is 0 Å². The molecule has 0 atom stereocenters. The van der Waals surface area contributed by atoms with E-state index in [2.05, 4.69) is 16.4 Å². The Morgan fingerprint density at radius 3 is 2.61 bits per heavy atom. The van der Waals surface area contributed by atoms with E-state index in [1.165, 1.54) is 5.56 Å². The third-order valence-electron chi connectivity index (χ3n) is 4.29. The monoisotopic (exact) mass is 396 g/mol. The fourth-order valence-corrected chi connectivity index (χ4v) is 3.45. The number of ether oxygens (including phenoxy) is 2. The van der Waals surface area contributed by atoms with Crippen molar-refractivity contribution in [3.63, 3.8) is 0 Å². The summed E-state index contributed by atoms with van der Waals surface area (Å²) in [6, 6.07) is 13.2. The van der Waals surface area contributed by atoms with E-state index < -0.39 is 0 Å². The fourth-order valence-electron chi connectivity index (χ4n) is 2.85. The summed E-state index contributed by atoms with van der Waals surface area (Å²) in [5, 5.41) is 5.96. The van der Waals surface area contributed by atoms with Crippen LogP contribution in [0.4, 0.5) is 0 Å². The first-order chi connectivity index (χ1) is 13.5. The standard InChI is InChI=1S/C22H24N2O3S/c1-15-4-9-21(26-3)18(12-15)10-11-23-22(25)17-5-7-20(8-6-17)27-13-19-14-28-16(2)24-19/h4-9,12,14H,10-11,13H2,1-3H3,(H,23,25). The zero-order valence-corrected chi connectivity index (χ0v) is 17.1. The number of methoxy groups -OCH3 is 1. The number of carbonyl (C=O) groups excluding carboxylic acids is 1. The average Bonchev–Trinajstić information content (AvgIpc) is 3.12. The molecule has 2 aromatic carbocycles. The van der Waals surface area contributed by atoms with Crippen molar-refractivity contribution in [2.24, 2.45) is 0 Å². The van der Waals surface area contributed by atoms with Gasteiger partial charge in [-0.3, -0.25) is 4.79 Å². The summed E-state index contributed by atoms with van der Waals surface area (Å²) in [5.74, 6) is 1.46. The Labute approximate surface area is 169 Å². The lowest BCUT2D eigenvalue weighted by Gasteiger charge is -2.11. The van der Waals surface area contributed by atoms with Crippen molar-refractivity contribution in [3.05, 3.63) is 75.2 Å². The molecule has 5 nitrogen and oxygen atoms in total. The van der Waals surface area contributed by atoms with Gasteiger partial charge in [0.1, 0.15) is 18.1 Å². The van der Waals surface area contributed by atoms with Crippen molar-refractivity contribution in [2.45, 2.75) is 26.9 Å². The van der Waals surface area contributed by atoms with Crippen LogP contribution in [0, 0.1) is 13.8 Å². The first-order valence-corrected chi connectivity index (χ1v) is 9.98. The molecule has 0 fully saturated rings. The van der Waals surface area contributed by atoms with Crippen LogP contribution in [-0.2, 0) is 13.0 Å². The summed E-state index contributed by atoms with van der Waals surface area (Å²) in [5.41, 5.74) is 3.78. The Balaban J connectivity index is 1.50. The van der Waals surface area contributed by atoms with Crippen molar-refractivity contribution < 1.29 is 14.3 Å². The fraction of sp³-hybridized carbons (Fsp3) is 0.273. The van der Waals surface area contributed by atoms with Crippen molar-refractivity contribution in [1.29, 1.82) is 0 Å². The number of carbonyl (C=O) groups is 1. The molecule has 1 aromatic heterocycles. The second-order valence-electron chi connectivity index (χ2n) is 6.49. The number of amides is 1. The molecule has 0 aliphatic carbocycles. The van der Waals surface area contributed by atoms with Gasteiger partial charge < -0.3 is 14.8 Å². The van der Waals surface area contributed by atoms with Gasteiger partial charge >= 0.3 is 0 Å². The summed E-state index contributed by atoms with van der Waals surface area (Å²) in [6.45, 7) is 4.98. The lowest BCUT2D eigenvalue weighted by atomic mass is 10.1. The topological polar surface area (TPSA) is 60.5 Å². The summed E-state index contributed by atoms with van der Waals surface area (Å²) in [4.78, 5) is 16.7. The molecule has 1 amide bonds. The van der Waals surface area contributed by atoms with Crippen LogP contribution < -0.4 is 14.8 Å². The number of thiazole rings is 1. The predicted molar refractivity (Wildman–Crippen MR) is 111 cm³/mol. The van der Waals surface area contributed by atoms with Crippen LogP contribution in [0.25, 0.3) is 0 Å². The Bertz CT molecular complexity index is 935. The lowest BCUT2D eigenvalue weighted by Crippen LogP contribution is -2.25. The SMILES string of the molecule is COc1ccc(C)cc1CCNC(=O)c1ccc(OCc2csc(C)n2)cc1. The highest BCUT2D eigenvalue weighted by molar-refractivity contribution is 7.09. The van der Waals surface area contributed by atoms with Crippen LogP contribution in [0.5, 0.6) is 11.5 Å². The van der Waals surface area contributed by atoms with Crippen molar-refractivity contribution in [3.8, 4) is 11.5 Å². The van der Waals surface area contributed by atoms with Gasteiger partial charge in [-0.25, -0.2) is 4.98 Å². The maximum Gasteiger partial charge on any atom is 0.251 e. The quantitative estimate of drug-likeness (QED) is 0.616. The first kappa shape index (κ1) is 19.9. The van der Waals surface area contributed by atoms with E-state index in [1.54, 1.807) is 42.7 Å². The Morgan fingerprint density at radius 2 is 1.93 bits per heavy atom. The van der Waals surface area contributed by atoms with E-state index in [-0.39, 0.29) is 5.91 Å². The molecule has 0 radical (unpaired) electrons. The smallest absolute Gasteiger partial charge is 0.251 e. The summed E-state index contributed by atoms with van der Waals surface area (Å²) < 4.78 is 11.1. The molecule has 0 saturated carbocycles. The molecule has 28 heavy (non-hydrogen) atoms.